The summed E-state index contributed by atoms with van der Waals surface area (Å²) in [7, 11) is 0. The van der Waals surface area contributed by atoms with Gasteiger partial charge in [-0.15, -0.1) is 0 Å². The van der Waals surface area contributed by atoms with Crippen LogP contribution in [0.2, 0.25) is 10.3 Å². The number of carboxylic acid groups (broad SMARTS) is 1. The number of hydrogen-bond acceptors (Lipinski definition) is 9. The summed E-state index contributed by atoms with van der Waals surface area (Å²) in [4.78, 5) is 42.8. The van der Waals surface area contributed by atoms with Crippen LogP contribution in [-0.2, 0) is 0 Å². The molecule has 0 spiro atoms. The Hall–Kier alpha value is -2.89. The third-order valence-corrected chi connectivity index (χ3v) is 7.42. The molecule has 11 nitrogen and oxygen atoms in total. The topological polar surface area (TPSA) is 155 Å². The number of anilines is 3. The number of nitrogen functional groups attached to an aromatic ring is 2. The number of halogens is 2. The van der Waals surface area contributed by atoms with Crippen LogP contribution in [0.3, 0.4) is 0 Å². The molecule has 2 saturated heterocycles. The van der Waals surface area contributed by atoms with Crippen molar-refractivity contribution in [2.24, 2.45) is 5.92 Å². The average molecular weight is 568 g/mol. The summed E-state index contributed by atoms with van der Waals surface area (Å²) < 4.78 is 0. The second-order valence-electron chi connectivity index (χ2n) is 9.18. The number of carbonyl (C=O) groups excluding carboxylic acids is 1. The van der Waals surface area contributed by atoms with Crippen molar-refractivity contribution < 1.29 is 14.7 Å². The molecular formula is C25H36Cl2N8O3. The third kappa shape index (κ3) is 6.75. The Kier molecular flexibility index (Phi) is 10.3. The van der Waals surface area contributed by atoms with Gasteiger partial charge in [0.05, 0.1) is 5.56 Å². The Morgan fingerprint density at radius 2 is 1.68 bits per heavy atom. The van der Waals surface area contributed by atoms with E-state index in [0.29, 0.717) is 49.5 Å². The van der Waals surface area contributed by atoms with Gasteiger partial charge in [-0.05, 0) is 30.9 Å². The third-order valence-electron chi connectivity index (χ3n) is 6.96. The minimum Gasteiger partial charge on any atom is -0.476 e. The van der Waals surface area contributed by atoms with E-state index in [1.807, 2.05) is 23.6 Å². The van der Waals surface area contributed by atoms with Gasteiger partial charge < -0.3 is 26.4 Å². The number of aromatic carboxylic acids is 1. The van der Waals surface area contributed by atoms with Crippen LogP contribution < -0.4 is 16.4 Å². The first-order valence-electron chi connectivity index (χ1n) is 12.9. The maximum atomic E-state index is 13.0. The zero-order chi connectivity index (χ0) is 28.0. The molecule has 2 aromatic rings. The van der Waals surface area contributed by atoms with Gasteiger partial charge in [0, 0.05) is 45.3 Å². The van der Waals surface area contributed by atoms with Crippen LogP contribution in [0.4, 0.5) is 17.5 Å². The lowest BCUT2D eigenvalue weighted by molar-refractivity contribution is 0.0611. The first kappa shape index (κ1) is 29.7. The number of nitrogens with two attached hydrogens (primary N) is 2. The van der Waals surface area contributed by atoms with E-state index in [1.54, 1.807) is 12.1 Å². The molecule has 13 heteroatoms. The summed E-state index contributed by atoms with van der Waals surface area (Å²) >= 11 is 12.2. The molecule has 0 aromatic carbocycles. The highest BCUT2D eigenvalue weighted by Gasteiger charge is 2.32. The molecule has 5 N–H and O–H groups in total. The van der Waals surface area contributed by atoms with Gasteiger partial charge >= 0.3 is 5.97 Å². The number of likely N-dealkylation sites (tertiary alicyclic amines) is 1. The molecule has 1 amide bonds. The number of rotatable bonds is 5. The van der Waals surface area contributed by atoms with E-state index in [2.05, 4.69) is 26.8 Å². The van der Waals surface area contributed by atoms with Crippen molar-refractivity contribution in [3.63, 3.8) is 0 Å². The van der Waals surface area contributed by atoms with Gasteiger partial charge in [0.2, 0.25) is 0 Å². The maximum Gasteiger partial charge on any atom is 0.358 e. The van der Waals surface area contributed by atoms with Crippen LogP contribution in [0.25, 0.3) is 0 Å². The standard InChI is InChI=1S/C23H30Cl2N8O3.C2H6/c1-2-13-11-32(9-10-33(12-13)21-18(25)29-17(23(35)36)20(27)30-21)14-5-7-31(8-6-14)22(34)15-3-4-16(24)28-19(15)26;1-2/h3-4,13-14H,2,5-12H2,1H3,(H2,26,28)(H2,27,30)(H,35,36);1-2H3. The first-order chi connectivity index (χ1) is 18.2. The minimum atomic E-state index is -1.26. The fraction of sp³-hybridized carbons (Fsp3) is 0.560. The molecule has 2 aliphatic heterocycles. The van der Waals surface area contributed by atoms with Crippen LogP contribution in [0.15, 0.2) is 12.1 Å². The Morgan fingerprint density at radius 3 is 2.29 bits per heavy atom. The van der Waals surface area contributed by atoms with Crippen LogP contribution in [0, 0.1) is 5.92 Å². The average Bonchev–Trinajstić information content (AvgIpc) is 3.13. The zero-order valence-corrected chi connectivity index (χ0v) is 23.5. The first-order valence-corrected chi connectivity index (χ1v) is 13.7. The smallest absolute Gasteiger partial charge is 0.358 e. The van der Waals surface area contributed by atoms with Crippen molar-refractivity contribution in [1.29, 1.82) is 0 Å². The van der Waals surface area contributed by atoms with Crippen molar-refractivity contribution in [2.75, 3.05) is 55.6 Å². The number of aromatic nitrogens is 3. The number of piperidine rings is 1. The van der Waals surface area contributed by atoms with Gasteiger partial charge in [-0.3, -0.25) is 9.69 Å². The fourth-order valence-electron chi connectivity index (χ4n) is 4.93. The van der Waals surface area contributed by atoms with E-state index < -0.39 is 5.97 Å². The molecule has 0 radical (unpaired) electrons. The predicted molar refractivity (Wildman–Crippen MR) is 150 cm³/mol. The summed E-state index contributed by atoms with van der Waals surface area (Å²) in [5, 5.41) is 9.53. The molecule has 208 valence electrons. The molecule has 1 unspecified atom stereocenters. The quantitative estimate of drug-likeness (QED) is 0.457. The molecule has 2 fully saturated rings. The van der Waals surface area contributed by atoms with E-state index >= 15 is 0 Å². The number of pyridine rings is 1. The molecule has 0 aliphatic carbocycles. The van der Waals surface area contributed by atoms with E-state index in [9.17, 15) is 14.7 Å². The minimum absolute atomic E-state index is 0.0349. The Bertz CT molecular complexity index is 1140. The van der Waals surface area contributed by atoms with Gasteiger partial charge in [-0.2, -0.15) is 0 Å². The molecule has 4 rings (SSSR count). The molecule has 38 heavy (non-hydrogen) atoms. The number of carboxylic acids is 1. The number of amides is 1. The molecule has 2 aliphatic rings. The lowest BCUT2D eigenvalue weighted by Gasteiger charge is -2.39. The van der Waals surface area contributed by atoms with Crippen molar-refractivity contribution in [3.8, 4) is 0 Å². The second kappa shape index (κ2) is 13.3. The number of hydrogen-bond donors (Lipinski definition) is 3. The SMILES string of the molecule is CC.CCC1CN(c2nc(N)c(C(=O)O)nc2Cl)CCN(C2CCN(C(=O)c3ccc(Cl)nc3N)CC2)C1. The summed E-state index contributed by atoms with van der Waals surface area (Å²) in [5.41, 5.74) is 11.8. The Labute approximate surface area is 233 Å². The highest BCUT2D eigenvalue weighted by atomic mass is 35.5. The molecule has 0 bridgehead atoms. The highest BCUT2D eigenvalue weighted by Crippen LogP contribution is 2.29. The summed E-state index contributed by atoms with van der Waals surface area (Å²) in [6.07, 6.45) is 2.66. The molecule has 1 atom stereocenters. The van der Waals surface area contributed by atoms with Gasteiger partial charge in [-0.1, -0.05) is 50.4 Å². The van der Waals surface area contributed by atoms with Crippen molar-refractivity contribution >= 4 is 52.5 Å². The maximum absolute atomic E-state index is 13.0. The highest BCUT2D eigenvalue weighted by molar-refractivity contribution is 6.32. The number of carbonyl (C=O) groups is 2. The van der Waals surface area contributed by atoms with E-state index in [1.165, 1.54) is 0 Å². The lowest BCUT2D eigenvalue weighted by Crippen LogP contribution is -2.48. The Morgan fingerprint density at radius 1 is 1.00 bits per heavy atom. The van der Waals surface area contributed by atoms with E-state index in [0.717, 1.165) is 32.4 Å². The van der Waals surface area contributed by atoms with Crippen molar-refractivity contribution in [3.05, 3.63) is 33.7 Å². The zero-order valence-electron chi connectivity index (χ0n) is 22.0. The van der Waals surface area contributed by atoms with Crippen LogP contribution >= 0.6 is 23.2 Å². The Balaban J connectivity index is 0.00000195. The normalized spacial score (nSPS) is 18.9. The van der Waals surface area contributed by atoms with Gasteiger partial charge in [0.25, 0.3) is 5.91 Å². The monoisotopic (exact) mass is 566 g/mol. The summed E-state index contributed by atoms with van der Waals surface area (Å²) in [6.45, 7) is 10.5. The number of nitrogens with zero attached hydrogens (tertiary/aromatic N) is 6. The summed E-state index contributed by atoms with van der Waals surface area (Å²) in [6, 6.07) is 3.54. The predicted octanol–water partition coefficient (Wildman–Crippen LogP) is 3.52. The molecular weight excluding hydrogens is 531 g/mol. The van der Waals surface area contributed by atoms with E-state index in [-0.39, 0.29) is 33.5 Å². The summed E-state index contributed by atoms with van der Waals surface area (Å²) in [5.74, 6) is -0.628. The van der Waals surface area contributed by atoms with Gasteiger partial charge in [0.15, 0.2) is 22.5 Å². The van der Waals surface area contributed by atoms with Crippen molar-refractivity contribution in [2.45, 2.75) is 46.1 Å². The van der Waals surface area contributed by atoms with Crippen molar-refractivity contribution in [1.82, 2.24) is 24.8 Å². The second-order valence-corrected chi connectivity index (χ2v) is 9.93. The van der Waals surface area contributed by atoms with Gasteiger partial charge in [0.1, 0.15) is 11.0 Å². The van der Waals surface area contributed by atoms with Crippen LogP contribution in [0.1, 0.15) is 60.9 Å². The largest absolute Gasteiger partial charge is 0.476 e. The lowest BCUT2D eigenvalue weighted by atomic mass is 9.99. The molecule has 4 heterocycles. The fourth-order valence-corrected chi connectivity index (χ4v) is 5.33. The molecule has 2 aromatic heterocycles. The van der Waals surface area contributed by atoms with Crippen LogP contribution in [-0.4, -0.2) is 87.0 Å². The van der Waals surface area contributed by atoms with Crippen LogP contribution in [0.5, 0.6) is 0 Å². The van der Waals surface area contributed by atoms with E-state index in [4.69, 9.17) is 34.7 Å². The van der Waals surface area contributed by atoms with Gasteiger partial charge in [-0.25, -0.2) is 19.7 Å². The molecule has 0 saturated carbocycles.